The second-order valence-corrected chi connectivity index (χ2v) is 5.73. The van der Waals surface area contributed by atoms with E-state index in [9.17, 15) is 14.7 Å². The molecule has 8 heteroatoms. The van der Waals surface area contributed by atoms with E-state index >= 15 is 0 Å². The molecule has 3 N–H and O–H groups in total. The van der Waals surface area contributed by atoms with Crippen molar-refractivity contribution in [3.05, 3.63) is 48.0 Å². The van der Waals surface area contributed by atoms with Gasteiger partial charge in [-0.2, -0.15) is 5.10 Å². The predicted molar refractivity (Wildman–Crippen MR) is 106 cm³/mol. The van der Waals surface area contributed by atoms with Crippen LogP contribution in [0.1, 0.15) is 25.3 Å². The summed E-state index contributed by atoms with van der Waals surface area (Å²) in [5.74, 6) is 0.380. The maximum atomic E-state index is 11.9. The normalized spacial score (nSPS) is 10.5. The van der Waals surface area contributed by atoms with Gasteiger partial charge in [0, 0.05) is 18.5 Å². The van der Waals surface area contributed by atoms with Crippen LogP contribution in [0.15, 0.2) is 47.6 Å². The lowest BCUT2D eigenvalue weighted by Crippen LogP contribution is -2.20. The molecule has 0 radical (unpaired) electrons. The summed E-state index contributed by atoms with van der Waals surface area (Å²) in [6.07, 6.45) is 1.41. The molecule has 0 atom stereocenters. The molecule has 2 amide bonds. The van der Waals surface area contributed by atoms with Crippen LogP contribution < -0.4 is 20.2 Å². The number of aromatic hydroxyl groups is 1. The molecule has 0 saturated heterocycles. The fraction of sp³-hybridized carbons (Fsp3) is 0.250. The summed E-state index contributed by atoms with van der Waals surface area (Å²) < 4.78 is 10.3. The van der Waals surface area contributed by atoms with Crippen molar-refractivity contribution in [1.29, 1.82) is 0 Å². The van der Waals surface area contributed by atoms with Crippen LogP contribution in [0.3, 0.4) is 0 Å². The molecule has 0 saturated carbocycles. The molecule has 2 aromatic rings. The summed E-state index contributed by atoms with van der Waals surface area (Å²) in [7, 11) is 1.45. The molecule has 0 heterocycles. The summed E-state index contributed by atoms with van der Waals surface area (Å²) in [6.45, 7) is 2.47. The number of hydrazone groups is 1. The van der Waals surface area contributed by atoms with Crippen molar-refractivity contribution in [2.75, 3.05) is 19.0 Å². The lowest BCUT2D eigenvalue weighted by Gasteiger charge is -2.07. The molecular weight excluding hydrogens is 362 g/mol. The topological polar surface area (TPSA) is 109 Å². The molecule has 148 valence electrons. The Morgan fingerprint density at radius 3 is 2.46 bits per heavy atom. The monoisotopic (exact) mass is 385 g/mol. The van der Waals surface area contributed by atoms with E-state index < -0.39 is 5.91 Å². The molecule has 0 bridgehead atoms. The number of nitrogens with zero attached hydrogens (tertiary/aromatic N) is 1. The highest BCUT2D eigenvalue weighted by Gasteiger charge is 2.07. The number of carbonyl (C=O) groups excluding carboxylic acids is 2. The SMILES string of the molecule is CCOc1ccc(NC(=O)CCC(=O)N/N=C\c2ccc(OC)c(O)c2)cc1. The number of amides is 2. The van der Waals surface area contributed by atoms with E-state index in [1.165, 1.54) is 19.4 Å². The number of nitrogens with one attached hydrogen (secondary N) is 2. The van der Waals surface area contributed by atoms with E-state index in [1.807, 2.05) is 6.92 Å². The summed E-state index contributed by atoms with van der Waals surface area (Å²) >= 11 is 0. The van der Waals surface area contributed by atoms with Crippen molar-refractivity contribution in [3.8, 4) is 17.2 Å². The van der Waals surface area contributed by atoms with Crippen LogP contribution in [0, 0.1) is 0 Å². The third-order valence-corrected chi connectivity index (χ3v) is 3.63. The first-order valence-electron chi connectivity index (χ1n) is 8.73. The lowest BCUT2D eigenvalue weighted by atomic mass is 10.2. The van der Waals surface area contributed by atoms with E-state index in [1.54, 1.807) is 36.4 Å². The van der Waals surface area contributed by atoms with Crippen molar-refractivity contribution < 1.29 is 24.2 Å². The van der Waals surface area contributed by atoms with Crippen LogP contribution in [0.4, 0.5) is 5.69 Å². The second kappa shape index (κ2) is 10.6. The van der Waals surface area contributed by atoms with Crippen LogP contribution in [-0.4, -0.2) is 36.9 Å². The number of benzene rings is 2. The average molecular weight is 385 g/mol. The molecule has 2 rings (SSSR count). The van der Waals surface area contributed by atoms with Gasteiger partial charge < -0.3 is 19.9 Å². The van der Waals surface area contributed by atoms with E-state index in [0.29, 0.717) is 23.6 Å². The van der Waals surface area contributed by atoms with Gasteiger partial charge in [0.15, 0.2) is 11.5 Å². The Balaban J connectivity index is 1.74. The Kier molecular flexibility index (Phi) is 7.83. The first-order chi connectivity index (χ1) is 13.5. The third kappa shape index (κ3) is 6.64. The number of hydrogen-bond donors (Lipinski definition) is 3. The highest BCUT2D eigenvalue weighted by Crippen LogP contribution is 2.25. The maximum Gasteiger partial charge on any atom is 0.240 e. The van der Waals surface area contributed by atoms with Gasteiger partial charge in [-0.25, -0.2) is 5.43 Å². The summed E-state index contributed by atoms with van der Waals surface area (Å²) in [5, 5.41) is 16.2. The van der Waals surface area contributed by atoms with E-state index in [4.69, 9.17) is 9.47 Å². The van der Waals surface area contributed by atoms with Gasteiger partial charge in [-0.05, 0) is 55.0 Å². The molecule has 0 aromatic heterocycles. The number of phenolic OH excluding ortho intramolecular Hbond substituents is 1. The molecule has 0 aliphatic carbocycles. The lowest BCUT2D eigenvalue weighted by molar-refractivity contribution is -0.124. The number of phenols is 1. The van der Waals surface area contributed by atoms with Crippen LogP contribution in [0.25, 0.3) is 0 Å². The molecular formula is C20H23N3O5. The van der Waals surface area contributed by atoms with Crippen LogP contribution in [0.2, 0.25) is 0 Å². The minimum Gasteiger partial charge on any atom is -0.504 e. The maximum absolute atomic E-state index is 11.9. The highest BCUT2D eigenvalue weighted by molar-refractivity contribution is 5.93. The number of rotatable bonds is 9. The van der Waals surface area contributed by atoms with Gasteiger partial charge >= 0.3 is 0 Å². The first kappa shape index (κ1) is 20.8. The average Bonchev–Trinajstić information content (AvgIpc) is 2.68. The van der Waals surface area contributed by atoms with E-state index in [0.717, 1.165) is 5.75 Å². The largest absolute Gasteiger partial charge is 0.504 e. The second-order valence-electron chi connectivity index (χ2n) is 5.73. The predicted octanol–water partition coefficient (Wildman–Crippen LogP) is 2.67. The minimum absolute atomic E-state index is 0.00589. The van der Waals surface area contributed by atoms with Crippen molar-refractivity contribution in [2.24, 2.45) is 5.10 Å². The molecule has 0 aliphatic heterocycles. The molecule has 2 aromatic carbocycles. The zero-order valence-corrected chi connectivity index (χ0v) is 15.8. The van der Waals surface area contributed by atoms with Crippen molar-refractivity contribution in [1.82, 2.24) is 5.43 Å². The van der Waals surface area contributed by atoms with Gasteiger partial charge in [-0.15, -0.1) is 0 Å². The van der Waals surface area contributed by atoms with E-state index in [-0.39, 0.29) is 24.5 Å². The number of anilines is 1. The molecule has 0 spiro atoms. The third-order valence-electron chi connectivity index (χ3n) is 3.63. The molecule has 0 aliphatic rings. The Labute approximate surface area is 163 Å². The Morgan fingerprint density at radius 1 is 1.11 bits per heavy atom. The van der Waals surface area contributed by atoms with Gasteiger partial charge in [0.1, 0.15) is 5.75 Å². The molecule has 0 fully saturated rings. The first-order valence-corrected chi connectivity index (χ1v) is 8.73. The Hall–Kier alpha value is -3.55. The fourth-order valence-electron chi connectivity index (χ4n) is 2.27. The van der Waals surface area contributed by atoms with Gasteiger partial charge in [0.25, 0.3) is 0 Å². The van der Waals surface area contributed by atoms with Crippen molar-refractivity contribution >= 4 is 23.7 Å². The number of methoxy groups -OCH3 is 1. The Bertz CT molecular complexity index is 834. The van der Waals surface area contributed by atoms with Gasteiger partial charge in [-0.1, -0.05) is 0 Å². The Morgan fingerprint density at radius 2 is 1.82 bits per heavy atom. The fourth-order valence-corrected chi connectivity index (χ4v) is 2.27. The van der Waals surface area contributed by atoms with Crippen LogP contribution in [-0.2, 0) is 9.59 Å². The van der Waals surface area contributed by atoms with Gasteiger partial charge in [-0.3, -0.25) is 9.59 Å². The molecule has 28 heavy (non-hydrogen) atoms. The molecule has 8 nitrogen and oxygen atoms in total. The summed E-state index contributed by atoms with van der Waals surface area (Å²) in [6, 6.07) is 11.7. The van der Waals surface area contributed by atoms with Crippen LogP contribution in [0.5, 0.6) is 17.2 Å². The standard InChI is InChI=1S/C20H23N3O5/c1-3-28-16-7-5-15(6-8-16)22-19(25)10-11-20(26)23-21-13-14-4-9-18(27-2)17(24)12-14/h4-9,12-13,24H,3,10-11H2,1-2H3,(H,22,25)(H,23,26)/b21-13-. The number of hydrogen-bond acceptors (Lipinski definition) is 6. The van der Waals surface area contributed by atoms with Crippen molar-refractivity contribution in [3.63, 3.8) is 0 Å². The zero-order valence-electron chi connectivity index (χ0n) is 15.8. The summed E-state index contributed by atoms with van der Waals surface area (Å²) in [4.78, 5) is 23.7. The zero-order chi connectivity index (χ0) is 20.4. The highest BCUT2D eigenvalue weighted by atomic mass is 16.5. The molecule has 0 unspecified atom stereocenters. The van der Waals surface area contributed by atoms with Gasteiger partial charge in [0.05, 0.1) is 19.9 Å². The smallest absolute Gasteiger partial charge is 0.240 e. The van der Waals surface area contributed by atoms with E-state index in [2.05, 4.69) is 15.8 Å². The van der Waals surface area contributed by atoms with Gasteiger partial charge in [0.2, 0.25) is 11.8 Å². The van der Waals surface area contributed by atoms with Crippen LogP contribution >= 0.6 is 0 Å². The number of carbonyl (C=O) groups is 2. The summed E-state index contributed by atoms with van der Waals surface area (Å²) in [5.41, 5.74) is 3.56. The number of ether oxygens (including phenoxy) is 2. The minimum atomic E-state index is -0.393. The quantitative estimate of drug-likeness (QED) is 0.454. The van der Waals surface area contributed by atoms with Crippen molar-refractivity contribution in [2.45, 2.75) is 19.8 Å².